The van der Waals surface area contributed by atoms with Crippen molar-refractivity contribution in [1.29, 1.82) is 0 Å². The number of aliphatic hydroxyl groups excluding tert-OH is 2. The number of aliphatic hydroxyl groups is 3. The molecule has 3 aliphatic carbocycles. The minimum absolute atomic E-state index is 0.00835. The van der Waals surface area contributed by atoms with Crippen molar-refractivity contribution in [3.8, 4) is 5.75 Å². The van der Waals surface area contributed by atoms with Crippen LogP contribution in [0.4, 0.5) is 0 Å². The third-order valence-corrected chi connectivity index (χ3v) is 8.32. The third kappa shape index (κ3) is 4.17. The van der Waals surface area contributed by atoms with Crippen LogP contribution in [0.2, 0.25) is 0 Å². The van der Waals surface area contributed by atoms with E-state index in [1.807, 2.05) is 6.92 Å². The molecule has 0 spiro atoms. The van der Waals surface area contributed by atoms with Crippen LogP contribution in [-0.4, -0.2) is 80.5 Å². The first-order valence-electron chi connectivity index (χ1n) is 13.2. The van der Waals surface area contributed by atoms with Gasteiger partial charge in [-0.25, -0.2) is 0 Å². The number of carbonyl (C=O) groups excluding carboxylic acids is 4. The first-order chi connectivity index (χ1) is 18.3. The van der Waals surface area contributed by atoms with Crippen molar-refractivity contribution in [2.24, 2.45) is 11.8 Å². The van der Waals surface area contributed by atoms with E-state index in [9.17, 15) is 39.6 Å². The second-order valence-corrected chi connectivity index (χ2v) is 10.9. The van der Waals surface area contributed by atoms with E-state index in [-0.39, 0.29) is 23.3 Å². The molecule has 210 valence electrons. The molecule has 6 atom stereocenters. The van der Waals surface area contributed by atoms with Gasteiger partial charge in [-0.05, 0) is 45.0 Å². The number of likely N-dealkylation sites (N-methyl/N-ethyl adjacent to an activating group) is 1. The lowest BCUT2D eigenvalue weighted by atomic mass is 9.54. The lowest BCUT2D eigenvalue weighted by Gasteiger charge is -2.54. The van der Waals surface area contributed by atoms with Gasteiger partial charge in [0.1, 0.15) is 28.9 Å². The number of benzene rings is 1. The van der Waals surface area contributed by atoms with Crippen LogP contribution in [0.15, 0.2) is 35.1 Å². The molecule has 10 heteroatoms. The van der Waals surface area contributed by atoms with Gasteiger partial charge in [-0.15, -0.1) is 0 Å². The topological polar surface area (TPSA) is 162 Å². The number of phenolic OH excluding ortho intramolecular Hbond substituents is 1. The lowest BCUT2D eigenvalue weighted by molar-refractivity contribution is -0.185. The second-order valence-electron chi connectivity index (χ2n) is 10.9. The fourth-order valence-corrected chi connectivity index (χ4v) is 6.52. The minimum atomic E-state index is -2.86. The van der Waals surface area contributed by atoms with Gasteiger partial charge in [0.25, 0.3) is 0 Å². The highest BCUT2D eigenvalue weighted by Crippen LogP contribution is 2.57. The number of carbonyl (C=O) groups is 4. The summed E-state index contributed by atoms with van der Waals surface area (Å²) in [6.45, 7) is 4.75. The zero-order chi connectivity index (χ0) is 29.0. The molecule has 1 fully saturated rings. The van der Waals surface area contributed by atoms with E-state index in [2.05, 4.69) is 0 Å². The van der Waals surface area contributed by atoms with Crippen LogP contribution in [0, 0.1) is 11.8 Å². The summed E-state index contributed by atoms with van der Waals surface area (Å²) in [5.74, 6) is -8.57. The molecule has 4 rings (SSSR count). The Bertz CT molecular complexity index is 1310. The highest BCUT2D eigenvalue weighted by Gasteiger charge is 2.69. The van der Waals surface area contributed by atoms with Crippen molar-refractivity contribution < 1.29 is 44.3 Å². The SMILES string of the molecule is CCCCCC(=O)O[C@H]1[C@H]2C(=C(O)c3c(O)cccc3[C@@H]2C)C(=O)[C@]2(O)C(O)=C(C(C)=O)C(=O)[C@@H](N(C)C)[C@H]12. The fourth-order valence-electron chi connectivity index (χ4n) is 6.52. The van der Waals surface area contributed by atoms with Gasteiger partial charge in [-0.3, -0.25) is 24.1 Å². The van der Waals surface area contributed by atoms with Crippen LogP contribution in [0.5, 0.6) is 5.75 Å². The number of ketones is 3. The average molecular weight is 542 g/mol. The van der Waals surface area contributed by atoms with Gasteiger partial charge >= 0.3 is 5.97 Å². The van der Waals surface area contributed by atoms with Crippen LogP contribution in [-0.2, 0) is 23.9 Å². The number of hydrogen-bond acceptors (Lipinski definition) is 10. The molecule has 0 radical (unpaired) electrons. The molecule has 0 heterocycles. The number of fused-ring (bicyclic) bond motifs is 3. The van der Waals surface area contributed by atoms with Gasteiger partial charge in [0.15, 0.2) is 17.2 Å². The summed E-state index contributed by atoms with van der Waals surface area (Å²) in [6.07, 6.45) is 0.869. The van der Waals surface area contributed by atoms with Gasteiger partial charge in [-0.1, -0.05) is 38.8 Å². The Balaban J connectivity index is 2.03. The zero-order valence-corrected chi connectivity index (χ0v) is 22.7. The van der Waals surface area contributed by atoms with Crippen molar-refractivity contribution in [2.45, 2.75) is 70.1 Å². The number of nitrogens with zero attached hydrogens (tertiary/aromatic N) is 1. The maximum absolute atomic E-state index is 14.2. The van der Waals surface area contributed by atoms with E-state index < -0.39 is 75.9 Å². The summed E-state index contributed by atoms with van der Waals surface area (Å²) >= 11 is 0. The number of aromatic hydroxyl groups is 1. The van der Waals surface area contributed by atoms with Crippen LogP contribution >= 0.6 is 0 Å². The monoisotopic (exact) mass is 541 g/mol. The van der Waals surface area contributed by atoms with E-state index in [0.29, 0.717) is 12.0 Å². The van der Waals surface area contributed by atoms with Crippen molar-refractivity contribution in [2.75, 3.05) is 14.1 Å². The molecule has 39 heavy (non-hydrogen) atoms. The number of rotatable bonds is 7. The normalized spacial score (nSPS) is 30.2. The molecule has 1 aromatic rings. The van der Waals surface area contributed by atoms with Gasteiger partial charge in [0.2, 0.25) is 5.78 Å². The van der Waals surface area contributed by atoms with Gasteiger partial charge in [0, 0.05) is 17.9 Å². The number of esters is 1. The van der Waals surface area contributed by atoms with Crippen molar-refractivity contribution in [1.82, 2.24) is 4.90 Å². The predicted octanol–water partition coefficient (Wildman–Crippen LogP) is 2.73. The smallest absolute Gasteiger partial charge is 0.306 e. The van der Waals surface area contributed by atoms with Crippen LogP contribution < -0.4 is 0 Å². The largest absolute Gasteiger partial charge is 0.508 e. The minimum Gasteiger partial charge on any atom is -0.508 e. The highest BCUT2D eigenvalue weighted by molar-refractivity contribution is 6.25. The quantitative estimate of drug-likeness (QED) is 0.229. The number of Topliss-reactive ketones (excluding diaryl/α,β-unsaturated/α-hetero) is 3. The summed E-state index contributed by atoms with van der Waals surface area (Å²) in [7, 11) is 3.04. The van der Waals surface area contributed by atoms with E-state index in [1.54, 1.807) is 19.1 Å². The lowest BCUT2D eigenvalue weighted by Crippen LogP contribution is -2.70. The van der Waals surface area contributed by atoms with Gasteiger partial charge in [0.05, 0.1) is 17.5 Å². The zero-order valence-electron chi connectivity index (χ0n) is 22.7. The Kier molecular flexibility index (Phi) is 7.48. The molecule has 4 N–H and O–H groups in total. The van der Waals surface area contributed by atoms with E-state index in [0.717, 1.165) is 19.8 Å². The van der Waals surface area contributed by atoms with E-state index in [4.69, 9.17) is 4.74 Å². The Morgan fingerprint density at radius 3 is 2.36 bits per heavy atom. The molecule has 0 aromatic heterocycles. The molecule has 0 saturated heterocycles. The standard InChI is InChI=1S/C29H35NO9/c1-6-7-8-12-17(33)39-26-18-13(2)15-10-9-11-16(32)20(15)24(34)21(18)28(37)29(38)22(26)23(30(4)5)25(35)19(14(3)31)27(29)36/h9-11,13,18,22-23,26,32,34,36,38H,6-8,12H2,1-5H3/t13-,18+,22+,23-,26-,29+/m0/s1. The Morgan fingerprint density at radius 1 is 1.10 bits per heavy atom. The van der Waals surface area contributed by atoms with Gasteiger partial charge in [-0.2, -0.15) is 0 Å². The maximum atomic E-state index is 14.2. The van der Waals surface area contributed by atoms with Gasteiger partial charge < -0.3 is 25.2 Å². The first-order valence-corrected chi connectivity index (χ1v) is 13.2. The third-order valence-electron chi connectivity index (χ3n) is 8.32. The summed E-state index contributed by atoms with van der Waals surface area (Å²) in [5.41, 5.74) is -3.45. The molecule has 0 bridgehead atoms. The molecular weight excluding hydrogens is 506 g/mol. The number of ether oxygens (including phenoxy) is 1. The molecule has 3 aliphatic rings. The predicted molar refractivity (Wildman–Crippen MR) is 140 cm³/mol. The number of hydrogen-bond donors (Lipinski definition) is 4. The molecular formula is C29H35NO9. The second kappa shape index (κ2) is 10.2. The highest BCUT2D eigenvalue weighted by atomic mass is 16.5. The summed E-state index contributed by atoms with van der Waals surface area (Å²) in [5, 5.41) is 45.2. The molecule has 10 nitrogen and oxygen atoms in total. The Labute approximate surface area is 226 Å². The van der Waals surface area contributed by atoms with E-state index in [1.165, 1.54) is 25.1 Å². The van der Waals surface area contributed by atoms with Crippen LogP contribution in [0.1, 0.15) is 63.5 Å². The maximum Gasteiger partial charge on any atom is 0.306 e. The summed E-state index contributed by atoms with van der Waals surface area (Å²) < 4.78 is 5.97. The summed E-state index contributed by atoms with van der Waals surface area (Å²) in [6, 6.07) is 3.27. The molecule has 1 aromatic carbocycles. The molecule has 0 unspecified atom stereocenters. The fraction of sp³-hybridized carbons (Fsp3) is 0.517. The summed E-state index contributed by atoms with van der Waals surface area (Å²) in [4.78, 5) is 54.7. The van der Waals surface area contributed by atoms with Crippen molar-refractivity contribution in [3.05, 3.63) is 46.2 Å². The van der Waals surface area contributed by atoms with Crippen molar-refractivity contribution in [3.63, 3.8) is 0 Å². The molecule has 1 saturated carbocycles. The van der Waals surface area contributed by atoms with Crippen LogP contribution in [0.3, 0.4) is 0 Å². The van der Waals surface area contributed by atoms with Crippen molar-refractivity contribution >= 4 is 29.1 Å². The number of phenols is 1. The Hall–Kier alpha value is -3.50. The Morgan fingerprint density at radius 2 is 1.77 bits per heavy atom. The average Bonchev–Trinajstić information content (AvgIpc) is 2.85. The molecule has 0 aliphatic heterocycles. The van der Waals surface area contributed by atoms with Crippen LogP contribution in [0.25, 0.3) is 5.76 Å². The van der Waals surface area contributed by atoms with E-state index >= 15 is 0 Å². The first kappa shape index (κ1) is 28.5. The number of unbranched alkanes of at least 4 members (excludes halogenated alkanes) is 2. The molecule has 0 amide bonds.